The molecule has 1 aromatic heterocycles. The number of thioether (sulfide) groups is 1. The van der Waals surface area contributed by atoms with Gasteiger partial charge in [-0.1, -0.05) is 18.2 Å². The van der Waals surface area contributed by atoms with Gasteiger partial charge in [0, 0.05) is 23.5 Å². The molecule has 2 aromatic rings. The van der Waals surface area contributed by atoms with E-state index < -0.39 is 41.8 Å². The lowest BCUT2D eigenvalue weighted by atomic mass is 10.0. The summed E-state index contributed by atoms with van der Waals surface area (Å²) in [5, 5.41) is 18.1. The van der Waals surface area contributed by atoms with Gasteiger partial charge in [0.1, 0.15) is 12.1 Å². The minimum Gasteiger partial charge on any atom is -0.480 e. The number of nitrogens with two attached hydrogens (primary N) is 2. The van der Waals surface area contributed by atoms with Crippen molar-refractivity contribution < 1.29 is 24.3 Å². The van der Waals surface area contributed by atoms with Gasteiger partial charge >= 0.3 is 5.97 Å². The highest BCUT2D eigenvalue weighted by atomic mass is 32.2. The first-order chi connectivity index (χ1) is 17.3. The number of hydrogen-bond acceptors (Lipinski definition) is 7. The van der Waals surface area contributed by atoms with Gasteiger partial charge in [0.05, 0.1) is 12.6 Å². The molecule has 1 aromatic carbocycles. The first-order valence-electron chi connectivity index (χ1n) is 11.9. The topological polar surface area (TPSA) is 192 Å². The average Bonchev–Trinajstić information content (AvgIpc) is 3.27. The molecule has 12 heteroatoms. The van der Waals surface area contributed by atoms with Gasteiger partial charge in [-0.05, 0) is 55.9 Å². The largest absolute Gasteiger partial charge is 0.480 e. The van der Waals surface area contributed by atoms with Gasteiger partial charge in [-0.15, -0.1) is 0 Å². The van der Waals surface area contributed by atoms with Crippen molar-refractivity contribution in [3.63, 3.8) is 0 Å². The molecule has 3 amide bonds. The van der Waals surface area contributed by atoms with Crippen LogP contribution in [0.15, 0.2) is 30.5 Å². The van der Waals surface area contributed by atoms with Crippen molar-refractivity contribution in [1.29, 1.82) is 0 Å². The van der Waals surface area contributed by atoms with Crippen LogP contribution >= 0.6 is 11.8 Å². The summed E-state index contributed by atoms with van der Waals surface area (Å²) < 4.78 is 0. The Morgan fingerprint density at radius 1 is 1.06 bits per heavy atom. The maximum absolute atomic E-state index is 13.1. The molecule has 11 nitrogen and oxygen atoms in total. The van der Waals surface area contributed by atoms with Gasteiger partial charge in [0.2, 0.25) is 17.7 Å². The number of amides is 3. The van der Waals surface area contributed by atoms with E-state index in [0.717, 1.165) is 16.5 Å². The number of carbonyl (C=O) groups is 4. The standard InChI is InChI=1S/C24H36N6O5S/c1-36-11-9-17(26)22(32)28-14-21(31)29-20(12-15-13-27-18-7-3-2-6-16(15)18)23(33)30-19(24(34)35)8-4-5-10-25/h2-3,6-7,13,17,19-20,27H,4-5,8-12,14,25-26H2,1H3,(H,28,32)(H,29,31)(H,30,33)(H,34,35). The highest BCUT2D eigenvalue weighted by Crippen LogP contribution is 2.19. The number of nitrogens with one attached hydrogen (secondary N) is 4. The molecular formula is C24H36N6O5S. The van der Waals surface area contributed by atoms with Gasteiger partial charge in [0.25, 0.3) is 0 Å². The van der Waals surface area contributed by atoms with E-state index in [9.17, 15) is 24.3 Å². The molecule has 3 unspecified atom stereocenters. The van der Waals surface area contributed by atoms with Crippen LogP contribution in [0.25, 0.3) is 10.9 Å². The molecule has 3 atom stereocenters. The lowest BCUT2D eigenvalue weighted by Crippen LogP contribution is -2.54. The zero-order chi connectivity index (χ0) is 26.5. The number of para-hydroxylation sites is 1. The van der Waals surface area contributed by atoms with Crippen LogP contribution in [0.2, 0.25) is 0 Å². The summed E-state index contributed by atoms with van der Waals surface area (Å²) in [6.07, 6.45) is 5.64. The number of carboxylic acids is 1. The lowest BCUT2D eigenvalue weighted by molar-refractivity contribution is -0.142. The van der Waals surface area contributed by atoms with Gasteiger partial charge < -0.3 is 37.5 Å². The number of aromatic nitrogens is 1. The molecule has 9 N–H and O–H groups in total. The number of aliphatic carboxylic acids is 1. The van der Waals surface area contributed by atoms with E-state index in [-0.39, 0.29) is 19.4 Å². The Bertz CT molecular complexity index is 1030. The minimum absolute atomic E-state index is 0.123. The van der Waals surface area contributed by atoms with Crippen LogP contribution in [-0.2, 0) is 25.6 Å². The molecule has 0 aliphatic heterocycles. The van der Waals surface area contributed by atoms with Gasteiger partial charge in [-0.3, -0.25) is 14.4 Å². The Hall–Kier alpha value is -3.09. The molecule has 2 rings (SSSR count). The molecule has 0 radical (unpaired) electrons. The summed E-state index contributed by atoms with van der Waals surface area (Å²) in [4.78, 5) is 52.7. The molecule has 0 spiro atoms. The number of rotatable bonds is 16. The normalized spacial score (nSPS) is 13.5. The fraction of sp³-hybridized carbons (Fsp3) is 0.500. The Kier molecular flexibility index (Phi) is 12.2. The number of unbranched alkanes of at least 4 members (excludes halogenated alkanes) is 1. The van der Waals surface area contributed by atoms with Crippen molar-refractivity contribution in [3.8, 4) is 0 Å². The van der Waals surface area contributed by atoms with Crippen molar-refractivity contribution in [2.45, 2.75) is 50.2 Å². The summed E-state index contributed by atoms with van der Waals surface area (Å²) in [7, 11) is 0. The van der Waals surface area contributed by atoms with E-state index in [4.69, 9.17) is 11.5 Å². The number of benzene rings is 1. The van der Waals surface area contributed by atoms with E-state index in [2.05, 4.69) is 20.9 Å². The first-order valence-corrected chi connectivity index (χ1v) is 13.3. The predicted octanol–water partition coefficient (Wildman–Crippen LogP) is 0.0902. The van der Waals surface area contributed by atoms with Gasteiger partial charge in [0.15, 0.2) is 0 Å². The van der Waals surface area contributed by atoms with Crippen LogP contribution in [0, 0.1) is 0 Å². The summed E-state index contributed by atoms with van der Waals surface area (Å²) in [6, 6.07) is 4.61. The van der Waals surface area contributed by atoms with Crippen molar-refractivity contribution in [1.82, 2.24) is 20.9 Å². The Morgan fingerprint density at radius 3 is 2.50 bits per heavy atom. The van der Waals surface area contributed by atoms with E-state index in [1.54, 1.807) is 18.0 Å². The van der Waals surface area contributed by atoms with E-state index in [0.29, 0.717) is 31.6 Å². The summed E-state index contributed by atoms with van der Waals surface area (Å²) in [6.45, 7) is 0.0640. The number of fused-ring (bicyclic) bond motifs is 1. The Labute approximate surface area is 214 Å². The third-order valence-corrected chi connectivity index (χ3v) is 6.35. The van der Waals surface area contributed by atoms with E-state index in [1.165, 1.54) is 0 Å². The van der Waals surface area contributed by atoms with E-state index in [1.807, 2.05) is 30.5 Å². The monoisotopic (exact) mass is 520 g/mol. The number of carbonyl (C=O) groups excluding carboxylic acids is 3. The molecule has 0 bridgehead atoms. The van der Waals surface area contributed by atoms with Crippen LogP contribution in [0.3, 0.4) is 0 Å². The fourth-order valence-corrected chi connectivity index (χ4v) is 4.16. The second-order valence-electron chi connectivity index (χ2n) is 8.47. The van der Waals surface area contributed by atoms with Gasteiger partial charge in [-0.25, -0.2) is 4.79 Å². The van der Waals surface area contributed by atoms with Crippen molar-refractivity contribution in [2.75, 3.05) is 25.1 Å². The Balaban J connectivity index is 2.11. The smallest absolute Gasteiger partial charge is 0.326 e. The van der Waals surface area contributed by atoms with Gasteiger partial charge in [-0.2, -0.15) is 11.8 Å². The third kappa shape index (κ3) is 9.17. The van der Waals surface area contributed by atoms with E-state index >= 15 is 0 Å². The molecule has 1 heterocycles. The number of carboxylic acid groups (broad SMARTS) is 1. The highest BCUT2D eigenvalue weighted by molar-refractivity contribution is 7.98. The summed E-state index contributed by atoms with van der Waals surface area (Å²) in [5.41, 5.74) is 13.0. The van der Waals surface area contributed by atoms with Crippen molar-refractivity contribution in [3.05, 3.63) is 36.0 Å². The maximum Gasteiger partial charge on any atom is 0.326 e. The summed E-state index contributed by atoms with van der Waals surface area (Å²) >= 11 is 1.56. The molecule has 36 heavy (non-hydrogen) atoms. The minimum atomic E-state index is -1.16. The van der Waals surface area contributed by atoms with Crippen molar-refractivity contribution >= 4 is 46.4 Å². The van der Waals surface area contributed by atoms with Crippen LogP contribution in [0.4, 0.5) is 0 Å². The summed E-state index contributed by atoms with van der Waals surface area (Å²) in [5.74, 6) is -2.12. The molecule has 0 saturated carbocycles. The molecule has 198 valence electrons. The van der Waals surface area contributed by atoms with Crippen LogP contribution in [-0.4, -0.2) is 77.0 Å². The molecule has 0 aliphatic rings. The second-order valence-corrected chi connectivity index (χ2v) is 9.46. The lowest BCUT2D eigenvalue weighted by Gasteiger charge is -2.22. The maximum atomic E-state index is 13.1. The number of H-pyrrole nitrogens is 1. The zero-order valence-electron chi connectivity index (χ0n) is 20.4. The van der Waals surface area contributed by atoms with Crippen LogP contribution in [0.5, 0.6) is 0 Å². The second kappa shape index (κ2) is 15.1. The molecule has 0 aliphatic carbocycles. The predicted molar refractivity (Wildman–Crippen MR) is 140 cm³/mol. The average molecular weight is 521 g/mol. The van der Waals surface area contributed by atoms with Crippen LogP contribution < -0.4 is 27.4 Å². The highest BCUT2D eigenvalue weighted by Gasteiger charge is 2.27. The zero-order valence-corrected chi connectivity index (χ0v) is 21.2. The molecular weight excluding hydrogens is 484 g/mol. The first kappa shape index (κ1) is 29.1. The molecule has 0 saturated heterocycles. The SMILES string of the molecule is CSCCC(N)C(=O)NCC(=O)NC(Cc1c[nH]c2ccccc12)C(=O)NC(CCCCN)C(=O)O. The quantitative estimate of drug-likeness (QED) is 0.151. The number of hydrogen-bond donors (Lipinski definition) is 7. The molecule has 0 fully saturated rings. The van der Waals surface area contributed by atoms with Crippen molar-refractivity contribution in [2.24, 2.45) is 11.5 Å². The van der Waals surface area contributed by atoms with Crippen LogP contribution in [0.1, 0.15) is 31.2 Å². The number of aromatic amines is 1. The third-order valence-electron chi connectivity index (χ3n) is 5.71. The Morgan fingerprint density at radius 2 is 1.81 bits per heavy atom. The fourth-order valence-electron chi connectivity index (χ4n) is 3.67.